The summed E-state index contributed by atoms with van der Waals surface area (Å²) in [7, 11) is 2.14. The Morgan fingerprint density at radius 3 is 2.73 bits per heavy atom. The Kier molecular flexibility index (Phi) is 3.31. The lowest BCUT2D eigenvalue weighted by Gasteiger charge is -2.54. The highest BCUT2D eigenvalue weighted by Crippen LogP contribution is 2.60. The SMILES string of the molecule is COC(=O)[C@@]12OB3OC([C@H]4CC[C@@H]1N4C)[C@@]2(OC(=O)c1ccccc1)O3. The highest BCUT2D eigenvalue weighted by Gasteiger charge is 2.86. The Hall–Kier alpha value is -1.94. The number of carbonyl (C=O) groups is 2. The molecule has 1 aromatic rings. The molecule has 4 aliphatic heterocycles. The average molecular weight is 359 g/mol. The van der Waals surface area contributed by atoms with E-state index in [-0.39, 0.29) is 12.1 Å². The van der Waals surface area contributed by atoms with E-state index in [9.17, 15) is 9.59 Å². The Morgan fingerprint density at radius 2 is 2.00 bits per heavy atom. The number of esters is 2. The lowest BCUT2D eigenvalue weighted by molar-refractivity contribution is -0.284. The van der Waals surface area contributed by atoms with Gasteiger partial charge in [-0.15, -0.1) is 0 Å². The van der Waals surface area contributed by atoms with Crippen LogP contribution in [-0.2, 0) is 28.2 Å². The minimum Gasteiger partial charge on any atom is -0.467 e. The van der Waals surface area contributed by atoms with Gasteiger partial charge in [0.25, 0.3) is 5.79 Å². The Morgan fingerprint density at radius 1 is 1.23 bits per heavy atom. The van der Waals surface area contributed by atoms with Crippen LogP contribution < -0.4 is 0 Å². The third-order valence-electron chi connectivity index (χ3n) is 6.02. The number of likely N-dealkylation sites (N-methyl/N-ethyl adjacent to an activating group) is 1. The van der Waals surface area contributed by atoms with Crippen LogP contribution in [0.25, 0.3) is 0 Å². The maximum atomic E-state index is 12.9. The molecular weight excluding hydrogens is 341 g/mol. The number of piperidine rings is 1. The zero-order valence-electron chi connectivity index (χ0n) is 14.4. The van der Waals surface area contributed by atoms with Crippen LogP contribution >= 0.6 is 0 Å². The fourth-order valence-electron chi connectivity index (χ4n) is 4.92. The average Bonchev–Trinajstić information content (AvgIpc) is 3.30. The highest BCUT2D eigenvalue weighted by molar-refractivity contribution is 6.39. The minimum absolute atomic E-state index is 0.0322. The summed E-state index contributed by atoms with van der Waals surface area (Å²) in [5.74, 6) is -2.87. The van der Waals surface area contributed by atoms with E-state index in [4.69, 9.17) is 23.4 Å². The molecule has 5 rings (SSSR count). The maximum Gasteiger partial charge on any atom is 0.644 e. The predicted octanol–water partition coefficient (Wildman–Crippen LogP) is 0.358. The van der Waals surface area contributed by atoms with Gasteiger partial charge < -0.3 is 23.4 Å². The van der Waals surface area contributed by atoms with E-state index in [1.54, 1.807) is 30.3 Å². The van der Waals surface area contributed by atoms with E-state index in [0.717, 1.165) is 6.42 Å². The van der Waals surface area contributed by atoms with E-state index in [1.165, 1.54) is 7.11 Å². The van der Waals surface area contributed by atoms with E-state index in [1.807, 2.05) is 11.9 Å². The molecule has 5 atom stereocenters. The third-order valence-corrected chi connectivity index (χ3v) is 6.02. The summed E-state index contributed by atoms with van der Waals surface area (Å²) in [5, 5.41) is 0. The molecule has 4 saturated heterocycles. The van der Waals surface area contributed by atoms with Gasteiger partial charge in [-0.3, -0.25) is 4.90 Å². The molecule has 0 spiro atoms. The zero-order chi connectivity index (χ0) is 18.1. The molecule has 0 aliphatic carbocycles. The largest absolute Gasteiger partial charge is 0.644 e. The quantitative estimate of drug-likeness (QED) is 0.565. The van der Waals surface area contributed by atoms with Crippen molar-refractivity contribution in [3.8, 4) is 0 Å². The molecule has 0 saturated carbocycles. The summed E-state index contributed by atoms with van der Waals surface area (Å²) in [6, 6.07) is 8.21. The van der Waals surface area contributed by atoms with E-state index < -0.39 is 36.8 Å². The van der Waals surface area contributed by atoms with E-state index in [0.29, 0.717) is 12.0 Å². The maximum absolute atomic E-state index is 12.9. The second-order valence-electron chi connectivity index (χ2n) is 7.06. The molecule has 1 aromatic carbocycles. The fraction of sp³-hybridized carbons (Fsp3) is 0.529. The van der Waals surface area contributed by atoms with Crippen LogP contribution in [0, 0.1) is 0 Å². The topological polar surface area (TPSA) is 83.5 Å². The van der Waals surface area contributed by atoms with Crippen molar-refractivity contribution in [2.45, 2.75) is 42.4 Å². The summed E-state index contributed by atoms with van der Waals surface area (Å²) in [6.07, 6.45) is 0.850. The van der Waals surface area contributed by atoms with Crippen LogP contribution in [-0.4, -0.2) is 67.9 Å². The number of carbonyl (C=O) groups excluding carboxylic acids is 2. The number of hydrogen-bond donors (Lipinski definition) is 0. The van der Waals surface area contributed by atoms with Gasteiger partial charge in [0.05, 0.1) is 18.7 Å². The summed E-state index contributed by atoms with van der Waals surface area (Å²) in [6.45, 7) is 0. The minimum atomic E-state index is -1.66. The van der Waals surface area contributed by atoms with Crippen molar-refractivity contribution in [3.63, 3.8) is 0 Å². The van der Waals surface area contributed by atoms with Gasteiger partial charge in [0, 0.05) is 6.04 Å². The first-order valence-electron chi connectivity index (χ1n) is 8.63. The Labute approximate surface area is 150 Å². The molecule has 4 heterocycles. The molecule has 0 amide bonds. The van der Waals surface area contributed by atoms with Crippen molar-refractivity contribution in [3.05, 3.63) is 35.9 Å². The first kappa shape index (κ1) is 16.3. The van der Waals surface area contributed by atoms with E-state index >= 15 is 0 Å². The van der Waals surface area contributed by atoms with Crippen molar-refractivity contribution < 1.29 is 33.0 Å². The van der Waals surface area contributed by atoms with Crippen LogP contribution in [0.15, 0.2) is 30.3 Å². The Balaban J connectivity index is 1.62. The van der Waals surface area contributed by atoms with Crippen LogP contribution in [0.2, 0.25) is 0 Å². The fourth-order valence-corrected chi connectivity index (χ4v) is 4.92. The second kappa shape index (κ2) is 5.29. The molecule has 0 aromatic heterocycles. The first-order valence-corrected chi connectivity index (χ1v) is 8.63. The number of methoxy groups -OCH3 is 1. The molecule has 4 bridgehead atoms. The van der Waals surface area contributed by atoms with Gasteiger partial charge in [0.15, 0.2) is 0 Å². The molecule has 8 nitrogen and oxygen atoms in total. The molecule has 0 N–H and O–H groups in total. The molecule has 9 heteroatoms. The van der Waals surface area contributed by atoms with Crippen molar-refractivity contribution >= 4 is 19.3 Å². The smallest absolute Gasteiger partial charge is 0.467 e. The van der Waals surface area contributed by atoms with Gasteiger partial charge >= 0.3 is 19.3 Å². The van der Waals surface area contributed by atoms with Crippen molar-refractivity contribution in [2.75, 3.05) is 14.2 Å². The van der Waals surface area contributed by atoms with Crippen LogP contribution in [0.1, 0.15) is 23.2 Å². The first-order chi connectivity index (χ1) is 12.5. The van der Waals surface area contributed by atoms with Gasteiger partial charge in [-0.05, 0) is 32.0 Å². The molecule has 26 heavy (non-hydrogen) atoms. The third kappa shape index (κ3) is 1.74. The molecule has 0 radical (unpaired) electrons. The van der Waals surface area contributed by atoms with Crippen molar-refractivity contribution in [2.24, 2.45) is 0 Å². The van der Waals surface area contributed by atoms with Gasteiger partial charge in [-0.1, -0.05) is 18.2 Å². The van der Waals surface area contributed by atoms with Gasteiger partial charge in [0.1, 0.15) is 6.10 Å². The van der Waals surface area contributed by atoms with Gasteiger partial charge in [0.2, 0.25) is 5.60 Å². The van der Waals surface area contributed by atoms with Crippen molar-refractivity contribution in [1.29, 1.82) is 0 Å². The van der Waals surface area contributed by atoms with Crippen LogP contribution in [0.3, 0.4) is 0 Å². The normalized spacial score (nSPS) is 39.9. The summed E-state index contributed by atoms with van der Waals surface area (Å²) < 4.78 is 28.5. The van der Waals surface area contributed by atoms with Crippen molar-refractivity contribution in [1.82, 2.24) is 4.90 Å². The Bertz CT molecular complexity index is 776. The number of ether oxygens (including phenoxy) is 2. The number of benzene rings is 1. The summed E-state index contributed by atoms with van der Waals surface area (Å²) in [4.78, 5) is 27.7. The molecule has 1 unspecified atom stereocenters. The predicted molar refractivity (Wildman–Crippen MR) is 86.7 cm³/mol. The lowest BCUT2D eigenvalue weighted by Crippen LogP contribution is -2.79. The molecular formula is C17H18BNO7. The molecule has 4 aliphatic rings. The second-order valence-corrected chi connectivity index (χ2v) is 7.06. The standard InChI is InChI=1S/C17H18BNO7/c1-19-11-8-9-12(19)16(15(21)22-2)17(13(11)24-18(25-16)26-17)23-14(20)10-6-4-3-5-7-10/h3-7,11-13H,8-9H2,1-2H3/t11-,12+,13?,16+,17-/m1/s1. The van der Waals surface area contributed by atoms with Gasteiger partial charge in [-0.2, -0.15) is 0 Å². The van der Waals surface area contributed by atoms with Gasteiger partial charge in [-0.25, -0.2) is 9.59 Å². The number of rotatable bonds is 3. The number of fused-ring (bicyclic) bond motifs is 5. The molecule has 4 fully saturated rings. The molecule has 136 valence electrons. The highest BCUT2D eigenvalue weighted by atomic mass is 16.9. The van der Waals surface area contributed by atoms with Crippen LogP contribution in [0.5, 0.6) is 0 Å². The number of nitrogens with zero attached hydrogens (tertiary/aromatic N) is 1. The number of hydrogen-bond acceptors (Lipinski definition) is 8. The summed E-state index contributed by atoms with van der Waals surface area (Å²) >= 11 is 0. The van der Waals surface area contributed by atoms with E-state index in [2.05, 4.69) is 0 Å². The zero-order valence-corrected chi connectivity index (χ0v) is 14.4. The lowest BCUT2D eigenvalue weighted by atomic mass is 9.77. The monoisotopic (exact) mass is 359 g/mol. The van der Waals surface area contributed by atoms with Crippen LogP contribution in [0.4, 0.5) is 0 Å². The summed E-state index contributed by atoms with van der Waals surface area (Å²) in [5.41, 5.74) is -1.21.